The molecule has 3 aromatic heterocycles. The maximum absolute atomic E-state index is 12.8. The van der Waals surface area contributed by atoms with Crippen molar-refractivity contribution in [3.05, 3.63) is 54.0 Å². The average Bonchev–Trinajstić information content (AvgIpc) is 3.35. The van der Waals surface area contributed by atoms with Crippen LogP contribution in [-0.4, -0.2) is 43.7 Å². The summed E-state index contributed by atoms with van der Waals surface area (Å²) in [7, 11) is 3.01. The van der Waals surface area contributed by atoms with Gasteiger partial charge in [-0.25, -0.2) is 9.67 Å². The number of fused-ring (bicyclic) bond motifs is 1. The van der Waals surface area contributed by atoms with Crippen LogP contribution in [0.2, 0.25) is 0 Å². The normalized spacial score (nSPS) is 11.8. The predicted molar refractivity (Wildman–Crippen MR) is 96.1 cm³/mol. The van der Waals surface area contributed by atoms with Crippen LogP contribution in [0.1, 0.15) is 11.1 Å². The van der Waals surface area contributed by atoms with Crippen LogP contribution in [0.3, 0.4) is 0 Å². The highest BCUT2D eigenvalue weighted by Crippen LogP contribution is 2.30. The van der Waals surface area contributed by atoms with Crippen LogP contribution in [-0.2, 0) is 12.7 Å². The highest BCUT2D eigenvalue weighted by molar-refractivity contribution is 5.80. The second kappa shape index (κ2) is 7.08. The maximum Gasteiger partial charge on any atom is 0.419 e. The van der Waals surface area contributed by atoms with Crippen LogP contribution in [0.4, 0.5) is 13.2 Å². The molecule has 0 radical (unpaired) electrons. The molecular formula is C18H15F3N6O2. The van der Waals surface area contributed by atoms with E-state index in [4.69, 9.17) is 9.47 Å². The average molecular weight is 404 g/mol. The molecule has 4 rings (SSSR count). The number of nitrogens with zero attached hydrogens (tertiary/aromatic N) is 6. The molecule has 0 N–H and O–H groups in total. The first kappa shape index (κ1) is 18.7. The second-order valence-electron chi connectivity index (χ2n) is 6.09. The Morgan fingerprint density at radius 1 is 0.966 bits per heavy atom. The molecule has 0 bridgehead atoms. The van der Waals surface area contributed by atoms with Gasteiger partial charge in [-0.1, -0.05) is 12.1 Å². The first-order chi connectivity index (χ1) is 13.9. The van der Waals surface area contributed by atoms with Crippen molar-refractivity contribution >= 4 is 11.0 Å². The molecular weight excluding hydrogens is 389 g/mol. The van der Waals surface area contributed by atoms with Gasteiger partial charge in [-0.15, -0.1) is 0 Å². The van der Waals surface area contributed by atoms with E-state index < -0.39 is 11.7 Å². The summed E-state index contributed by atoms with van der Waals surface area (Å²) in [5.41, 5.74) is 1.01. The summed E-state index contributed by atoms with van der Waals surface area (Å²) in [6.45, 7) is 0.423. The molecule has 3 heterocycles. The first-order valence-electron chi connectivity index (χ1n) is 8.42. The van der Waals surface area contributed by atoms with Crippen molar-refractivity contribution < 1.29 is 22.6 Å². The number of aromatic nitrogens is 6. The Morgan fingerprint density at radius 3 is 2.34 bits per heavy atom. The zero-order chi connectivity index (χ0) is 20.6. The highest BCUT2D eigenvalue weighted by atomic mass is 19.4. The number of hydrogen-bond donors (Lipinski definition) is 0. The summed E-state index contributed by atoms with van der Waals surface area (Å²) in [6, 6.07) is 7.47. The molecule has 0 aliphatic heterocycles. The number of alkyl halides is 3. The molecule has 0 spiro atoms. The Morgan fingerprint density at radius 2 is 1.72 bits per heavy atom. The van der Waals surface area contributed by atoms with E-state index in [9.17, 15) is 13.2 Å². The van der Waals surface area contributed by atoms with Crippen molar-refractivity contribution in [3.8, 4) is 17.6 Å². The van der Waals surface area contributed by atoms with Crippen molar-refractivity contribution in [2.24, 2.45) is 0 Å². The lowest BCUT2D eigenvalue weighted by molar-refractivity contribution is -0.137. The summed E-state index contributed by atoms with van der Waals surface area (Å²) >= 11 is 0. The van der Waals surface area contributed by atoms with Crippen LogP contribution >= 0.6 is 0 Å². The van der Waals surface area contributed by atoms with Crippen molar-refractivity contribution in [2.75, 3.05) is 14.2 Å². The van der Waals surface area contributed by atoms with Gasteiger partial charge in [0.15, 0.2) is 0 Å². The molecule has 0 fully saturated rings. The van der Waals surface area contributed by atoms with Crippen LogP contribution in [0.25, 0.3) is 17.0 Å². The second-order valence-corrected chi connectivity index (χ2v) is 6.09. The summed E-state index contributed by atoms with van der Waals surface area (Å²) in [5, 5.41) is 8.02. The molecule has 11 heteroatoms. The minimum absolute atomic E-state index is 0.0474. The fourth-order valence-corrected chi connectivity index (χ4v) is 2.80. The lowest BCUT2D eigenvalue weighted by Crippen LogP contribution is -2.07. The van der Waals surface area contributed by atoms with Crippen LogP contribution in [0.5, 0.6) is 11.6 Å². The van der Waals surface area contributed by atoms with Gasteiger partial charge >= 0.3 is 6.18 Å². The molecule has 0 aliphatic rings. The third-order valence-corrected chi connectivity index (χ3v) is 4.24. The largest absolute Gasteiger partial charge is 0.497 e. The Balaban J connectivity index is 1.72. The van der Waals surface area contributed by atoms with E-state index in [1.54, 1.807) is 11.8 Å². The van der Waals surface area contributed by atoms with E-state index in [1.165, 1.54) is 13.3 Å². The summed E-state index contributed by atoms with van der Waals surface area (Å²) in [4.78, 5) is 8.48. The minimum Gasteiger partial charge on any atom is -0.497 e. The summed E-state index contributed by atoms with van der Waals surface area (Å²) in [6.07, 6.45) is -1.47. The molecule has 29 heavy (non-hydrogen) atoms. The fourth-order valence-electron chi connectivity index (χ4n) is 2.80. The van der Waals surface area contributed by atoms with E-state index in [0.717, 1.165) is 22.2 Å². The van der Waals surface area contributed by atoms with Crippen molar-refractivity contribution in [1.82, 2.24) is 29.5 Å². The Labute approximate surface area is 162 Å². The zero-order valence-electron chi connectivity index (χ0n) is 15.4. The van der Waals surface area contributed by atoms with E-state index in [0.29, 0.717) is 23.8 Å². The van der Waals surface area contributed by atoms with Gasteiger partial charge in [0.05, 0.1) is 38.7 Å². The number of hydrogen-bond acceptors (Lipinski definition) is 6. The smallest absolute Gasteiger partial charge is 0.419 e. The van der Waals surface area contributed by atoms with Gasteiger partial charge < -0.3 is 9.47 Å². The van der Waals surface area contributed by atoms with E-state index in [2.05, 4.69) is 20.2 Å². The number of benzene rings is 1. The van der Waals surface area contributed by atoms with Crippen LogP contribution in [0.15, 0.2) is 42.9 Å². The van der Waals surface area contributed by atoms with E-state index in [-0.39, 0.29) is 11.8 Å². The van der Waals surface area contributed by atoms with Crippen LogP contribution in [0, 0.1) is 0 Å². The maximum atomic E-state index is 12.8. The number of methoxy groups -OCH3 is 2. The van der Waals surface area contributed by atoms with Crippen molar-refractivity contribution in [3.63, 3.8) is 0 Å². The highest BCUT2D eigenvalue weighted by Gasteiger charge is 2.32. The molecule has 0 saturated carbocycles. The number of ether oxygens (including phenoxy) is 2. The standard InChI is InChI=1S/C18H15F3N6O2/c1-28-13-5-3-11(4-6-13)9-26-15-14(8-23-26)24-17(25-16(15)29-2)27-10-12(7-22-27)18(19,20)21/h3-8,10H,9H2,1-2H3. The lowest BCUT2D eigenvalue weighted by Gasteiger charge is -2.09. The van der Waals surface area contributed by atoms with Gasteiger partial charge in [-0.05, 0) is 17.7 Å². The Bertz CT molecular complexity index is 1150. The topological polar surface area (TPSA) is 79.9 Å². The predicted octanol–water partition coefficient (Wildman–Crippen LogP) is 3.10. The molecule has 8 nitrogen and oxygen atoms in total. The summed E-state index contributed by atoms with van der Waals surface area (Å²) < 4.78 is 51.6. The van der Waals surface area contributed by atoms with Gasteiger partial charge in [0.2, 0.25) is 5.88 Å². The fraction of sp³-hybridized carbons (Fsp3) is 0.222. The quantitative estimate of drug-likeness (QED) is 0.509. The van der Waals surface area contributed by atoms with Gasteiger partial charge in [-0.2, -0.15) is 28.4 Å². The van der Waals surface area contributed by atoms with E-state index in [1.807, 2.05) is 24.3 Å². The molecule has 0 unspecified atom stereocenters. The number of halogens is 3. The van der Waals surface area contributed by atoms with Crippen molar-refractivity contribution in [1.29, 1.82) is 0 Å². The molecule has 1 aromatic carbocycles. The van der Waals surface area contributed by atoms with Gasteiger partial charge in [0.1, 0.15) is 16.8 Å². The molecule has 4 aromatic rings. The van der Waals surface area contributed by atoms with Crippen molar-refractivity contribution in [2.45, 2.75) is 12.7 Å². The monoisotopic (exact) mass is 404 g/mol. The Kier molecular flexibility index (Phi) is 4.57. The minimum atomic E-state index is -4.50. The zero-order valence-corrected chi connectivity index (χ0v) is 15.4. The van der Waals surface area contributed by atoms with Gasteiger partial charge in [0.25, 0.3) is 5.95 Å². The van der Waals surface area contributed by atoms with E-state index >= 15 is 0 Å². The van der Waals surface area contributed by atoms with Crippen LogP contribution < -0.4 is 9.47 Å². The van der Waals surface area contributed by atoms with Gasteiger partial charge in [0, 0.05) is 6.20 Å². The third-order valence-electron chi connectivity index (χ3n) is 4.24. The lowest BCUT2D eigenvalue weighted by atomic mass is 10.2. The number of rotatable bonds is 5. The third kappa shape index (κ3) is 3.58. The van der Waals surface area contributed by atoms with Gasteiger partial charge in [-0.3, -0.25) is 4.68 Å². The summed E-state index contributed by atoms with van der Waals surface area (Å²) in [5.74, 6) is 0.871. The Hall–Kier alpha value is -3.63. The molecule has 0 atom stereocenters. The SMILES string of the molecule is COc1ccc(Cn2ncc3nc(-n4cc(C(F)(F)F)cn4)nc(OC)c32)cc1. The first-order valence-corrected chi connectivity index (χ1v) is 8.42. The molecule has 0 amide bonds. The molecule has 0 saturated heterocycles. The molecule has 150 valence electrons. The molecule has 0 aliphatic carbocycles.